The molecule has 0 atom stereocenters. The molecule has 0 aliphatic heterocycles. The van der Waals surface area contributed by atoms with Crippen LogP contribution in [-0.4, -0.2) is 0 Å². The highest BCUT2D eigenvalue weighted by Gasteiger charge is 2.39. The summed E-state index contributed by atoms with van der Waals surface area (Å²) in [6, 6.07) is 66.9. The largest absolute Gasteiger partial charge is 0.135 e. The average molecular weight is 681 g/mol. The second-order valence-electron chi connectivity index (χ2n) is 14.4. The summed E-state index contributed by atoms with van der Waals surface area (Å²) in [5, 5.41) is 7.93. The molecule has 0 saturated carbocycles. The van der Waals surface area contributed by atoms with Gasteiger partial charge in [0, 0.05) is 25.6 Å². The van der Waals surface area contributed by atoms with Gasteiger partial charge >= 0.3 is 0 Å². The molecule has 0 unspecified atom stereocenters. The Morgan fingerprint density at radius 3 is 1.65 bits per heavy atom. The molecule has 1 aliphatic carbocycles. The lowest BCUT2D eigenvalue weighted by Crippen LogP contribution is -2.15. The number of hydrogen-bond acceptors (Lipinski definition) is 1. The van der Waals surface area contributed by atoms with Crippen molar-refractivity contribution < 1.29 is 0 Å². The fourth-order valence-corrected chi connectivity index (χ4v) is 9.96. The minimum absolute atomic E-state index is 0.185. The van der Waals surface area contributed by atoms with Crippen LogP contribution in [0.25, 0.3) is 86.2 Å². The molecule has 9 aromatic rings. The average Bonchev–Trinajstić information content (AvgIpc) is 3.69. The number of rotatable bonds is 3. The Labute approximate surface area is 308 Å². The van der Waals surface area contributed by atoms with Crippen LogP contribution in [0.3, 0.4) is 0 Å². The number of benzene rings is 7. The number of thiophene rings is 1. The highest BCUT2D eigenvalue weighted by molar-refractivity contribution is 7.26. The lowest BCUT2D eigenvalue weighted by atomic mass is 9.79. The molecule has 0 N–H and O–H groups in total. The summed E-state index contributed by atoms with van der Waals surface area (Å²) < 4.78 is 2.74. The van der Waals surface area contributed by atoms with Crippen LogP contribution in [0.4, 0.5) is 0 Å². The molecule has 10 rings (SSSR count). The first-order valence-electron chi connectivity index (χ1n) is 18.1. The van der Waals surface area contributed by atoms with Crippen LogP contribution in [0.15, 0.2) is 182 Å². The van der Waals surface area contributed by atoms with E-state index in [-0.39, 0.29) is 5.41 Å². The van der Waals surface area contributed by atoms with E-state index < -0.39 is 0 Å². The quantitative estimate of drug-likeness (QED) is 0.174. The molecule has 0 nitrogen and oxygen atoms in total. The predicted octanol–water partition coefficient (Wildman–Crippen LogP) is 14.8. The van der Waals surface area contributed by atoms with Crippen molar-refractivity contribution in [3.05, 3.63) is 193 Å². The van der Waals surface area contributed by atoms with Gasteiger partial charge in [-0.1, -0.05) is 178 Å². The molecular formula is C51H36S. The summed E-state index contributed by atoms with van der Waals surface area (Å²) in [6.45, 7) is 4.85. The van der Waals surface area contributed by atoms with Gasteiger partial charge in [0.2, 0.25) is 0 Å². The molecule has 1 aliphatic rings. The third-order valence-electron chi connectivity index (χ3n) is 11.1. The molecule has 0 amide bonds. The van der Waals surface area contributed by atoms with Crippen LogP contribution in [0.5, 0.6) is 0 Å². The van der Waals surface area contributed by atoms with Crippen molar-refractivity contribution in [2.45, 2.75) is 19.3 Å². The molecule has 246 valence electrons. The van der Waals surface area contributed by atoms with E-state index in [4.69, 9.17) is 0 Å². The van der Waals surface area contributed by atoms with Gasteiger partial charge in [-0.2, -0.15) is 0 Å². The molecule has 52 heavy (non-hydrogen) atoms. The maximum Gasteiger partial charge on any atom is 0.0440 e. The van der Waals surface area contributed by atoms with Gasteiger partial charge in [0.05, 0.1) is 0 Å². The minimum Gasteiger partial charge on any atom is -0.135 e. The molecule has 1 aromatic heterocycles. The maximum atomic E-state index is 2.49. The molecule has 0 fully saturated rings. The Hall–Kier alpha value is -6.02. The summed E-state index contributed by atoms with van der Waals surface area (Å²) >= 11 is 1.93. The Kier molecular flexibility index (Phi) is 7.13. The molecule has 1 heteroatoms. The summed E-state index contributed by atoms with van der Waals surface area (Å²) in [5.41, 5.74) is 12.7. The highest BCUT2D eigenvalue weighted by Crippen LogP contribution is 2.57. The molecule has 0 radical (unpaired) electrons. The van der Waals surface area contributed by atoms with Gasteiger partial charge in [-0.05, 0) is 95.4 Å². The standard InChI is InChI=1S/C51H36S/c1-51(2)45-32-36(29-30-43(45)47-48-44-27-14-15-28-46(44)52-50(48)42-26-13-12-25-41(42)49(47)51)38-22-9-4-3-8-21-37(39-23-10-11-24-40(38)39)35-20-16-19-34(31-35)33-17-6-5-7-18-33/h3-32H,1-2H3. The lowest BCUT2D eigenvalue weighted by Gasteiger charge is -2.24. The van der Waals surface area contributed by atoms with Crippen molar-refractivity contribution in [3.63, 3.8) is 0 Å². The van der Waals surface area contributed by atoms with Crippen molar-refractivity contribution in [2.24, 2.45) is 0 Å². The third kappa shape index (κ3) is 4.74. The summed E-state index contributed by atoms with van der Waals surface area (Å²) in [5.74, 6) is 0. The minimum atomic E-state index is -0.185. The van der Waals surface area contributed by atoms with E-state index in [0.29, 0.717) is 0 Å². The fraction of sp³-hybridized carbons (Fsp3) is 0.0588. The van der Waals surface area contributed by atoms with Gasteiger partial charge in [-0.3, -0.25) is 0 Å². The van der Waals surface area contributed by atoms with Gasteiger partial charge in [-0.25, -0.2) is 0 Å². The monoisotopic (exact) mass is 680 g/mol. The van der Waals surface area contributed by atoms with Crippen LogP contribution in [0, 0.1) is 0 Å². The Bertz CT molecular complexity index is 2920. The first-order valence-corrected chi connectivity index (χ1v) is 18.9. The van der Waals surface area contributed by atoms with Crippen molar-refractivity contribution in [1.29, 1.82) is 0 Å². The maximum absolute atomic E-state index is 2.49. The van der Waals surface area contributed by atoms with Crippen molar-refractivity contribution in [2.75, 3.05) is 0 Å². The zero-order valence-electron chi connectivity index (χ0n) is 29.2. The molecule has 1 heterocycles. The number of hydrogen-bond donors (Lipinski definition) is 0. The highest BCUT2D eigenvalue weighted by atomic mass is 32.1. The van der Waals surface area contributed by atoms with Gasteiger partial charge in [0.15, 0.2) is 0 Å². The molecular weight excluding hydrogens is 645 g/mol. The SMILES string of the molecule is CC1(C)c2cc(-c3ccccccc(-c4cccc(-c5ccccc5)c4)c4ccccc34)ccc2-c2c1c1ccccc1c1sc3ccccc3c21. The molecule has 0 bridgehead atoms. The number of fused-ring (bicyclic) bond motifs is 11. The summed E-state index contributed by atoms with van der Waals surface area (Å²) in [7, 11) is 0. The topological polar surface area (TPSA) is 0 Å². The Morgan fingerprint density at radius 1 is 0.385 bits per heavy atom. The summed E-state index contributed by atoms with van der Waals surface area (Å²) in [4.78, 5) is 0. The van der Waals surface area contributed by atoms with Crippen molar-refractivity contribution >= 4 is 53.1 Å². The first-order chi connectivity index (χ1) is 25.6. The van der Waals surface area contributed by atoms with Gasteiger partial charge < -0.3 is 0 Å². The van der Waals surface area contributed by atoms with Crippen LogP contribution in [0.1, 0.15) is 25.0 Å². The Balaban J connectivity index is 1.23. The third-order valence-corrected chi connectivity index (χ3v) is 12.3. The van der Waals surface area contributed by atoms with Gasteiger partial charge in [0.1, 0.15) is 0 Å². The second-order valence-corrected chi connectivity index (χ2v) is 15.5. The second kappa shape index (κ2) is 12.0. The fourth-order valence-electron chi connectivity index (χ4n) is 8.71. The van der Waals surface area contributed by atoms with Crippen LogP contribution in [-0.2, 0) is 5.41 Å². The van der Waals surface area contributed by atoms with E-state index in [1.54, 1.807) is 0 Å². The van der Waals surface area contributed by atoms with Gasteiger partial charge in [0.25, 0.3) is 0 Å². The normalized spacial score (nSPS) is 13.0. The smallest absolute Gasteiger partial charge is 0.0440 e. The van der Waals surface area contributed by atoms with Crippen molar-refractivity contribution in [3.8, 4) is 44.5 Å². The van der Waals surface area contributed by atoms with E-state index in [1.165, 1.54) is 97.4 Å². The summed E-state index contributed by atoms with van der Waals surface area (Å²) in [6.07, 6.45) is 0. The predicted molar refractivity (Wildman–Crippen MR) is 226 cm³/mol. The van der Waals surface area contributed by atoms with Crippen molar-refractivity contribution in [1.82, 2.24) is 0 Å². The van der Waals surface area contributed by atoms with Crippen LogP contribution in [0.2, 0.25) is 0 Å². The van der Waals surface area contributed by atoms with E-state index in [2.05, 4.69) is 196 Å². The zero-order chi connectivity index (χ0) is 34.8. The van der Waals surface area contributed by atoms with E-state index >= 15 is 0 Å². The molecule has 0 saturated heterocycles. The van der Waals surface area contributed by atoms with E-state index in [0.717, 1.165) is 0 Å². The van der Waals surface area contributed by atoms with E-state index in [1.807, 2.05) is 11.3 Å². The van der Waals surface area contributed by atoms with Gasteiger partial charge in [-0.15, -0.1) is 11.3 Å². The lowest BCUT2D eigenvalue weighted by molar-refractivity contribution is 0.667. The molecule has 8 aromatic carbocycles. The first kappa shape index (κ1) is 30.8. The van der Waals surface area contributed by atoms with E-state index in [9.17, 15) is 0 Å². The van der Waals surface area contributed by atoms with Crippen LogP contribution >= 0.6 is 11.3 Å². The Morgan fingerprint density at radius 2 is 0.923 bits per heavy atom. The molecule has 0 spiro atoms. The van der Waals surface area contributed by atoms with Crippen LogP contribution < -0.4 is 0 Å². The zero-order valence-corrected chi connectivity index (χ0v) is 30.0.